The number of methoxy groups -OCH3 is 1. The van der Waals surface area contributed by atoms with E-state index in [9.17, 15) is 4.79 Å². The fourth-order valence-corrected chi connectivity index (χ4v) is 1.35. The highest BCUT2D eigenvalue weighted by molar-refractivity contribution is 5.94. The monoisotopic (exact) mass is 208 g/mol. The number of carbonyl (C=O) groups excluding carboxylic acids is 1. The number of amides is 1. The molecular weight excluding hydrogens is 192 g/mol. The highest BCUT2D eigenvalue weighted by atomic mass is 16.5. The molecule has 1 aromatic heterocycles. The molecule has 4 nitrogen and oxygen atoms in total. The van der Waals surface area contributed by atoms with Crippen molar-refractivity contribution in [2.24, 2.45) is 0 Å². The Morgan fingerprint density at radius 3 is 2.67 bits per heavy atom. The van der Waals surface area contributed by atoms with Crippen molar-refractivity contribution in [3.05, 3.63) is 23.9 Å². The molecule has 82 valence electrons. The fraction of sp³-hybridized carbons (Fsp3) is 0.455. The van der Waals surface area contributed by atoms with Crippen molar-refractivity contribution in [3.8, 4) is 5.88 Å². The number of carbonyl (C=O) groups is 1. The second-order valence-corrected chi connectivity index (χ2v) is 3.06. The lowest BCUT2D eigenvalue weighted by Crippen LogP contribution is -2.30. The normalized spacial score (nSPS) is 9.80. The first-order valence-corrected chi connectivity index (χ1v) is 5.02. The number of hydrogen-bond acceptors (Lipinski definition) is 3. The van der Waals surface area contributed by atoms with Crippen molar-refractivity contribution >= 4 is 5.91 Å². The molecular formula is C11H16N2O2. The largest absolute Gasteiger partial charge is 0.481 e. The number of aromatic nitrogens is 1. The van der Waals surface area contributed by atoms with Crippen molar-refractivity contribution in [1.29, 1.82) is 0 Å². The zero-order valence-corrected chi connectivity index (χ0v) is 9.36. The van der Waals surface area contributed by atoms with Crippen LogP contribution in [0.5, 0.6) is 5.88 Å². The third-order valence-corrected chi connectivity index (χ3v) is 2.24. The van der Waals surface area contributed by atoms with E-state index in [1.54, 1.807) is 23.2 Å². The van der Waals surface area contributed by atoms with Crippen LogP contribution in [-0.4, -0.2) is 36.0 Å². The predicted molar refractivity (Wildman–Crippen MR) is 58.0 cm³/mol. The van der Waals surface area contributed by atoms with Crippen LogP contribution in [0, 0.1) is 0 Å². The molecule has 0 aromatic carbocycles. The number of pyridine rings is 1. The van der Waals surface area contributed by atoms with E-state index < -0.39 is 0 Å². The Morgan fingerprint density at radius 2 is 2.13 bits per heavy atom. The minimum atomic E-state index is 0.0145. The zero-order valence-electron chi connectivity index (χ0n) is 9.36. The molecule has 0 N–H and O–H groups in total. The SMILES string of the molecule is CCN(CC)C(=O)c1ccnc(OC)c1. The lowest BCUT2D eigenvalue weighted by atomic mass is 10.2. The summed E-state index contributed by atoms with van der Waals surface area (Å²) in [7, 11) is 1.54. The van der Waals surface area contributed by atoms with Crippen molar-refractivity contribution in [2.75, 3.05) is 20.2 Å². The van der Waals surface area contributed by atoms with Gasteiger partial charge in [-0.1, -0.05) is 0 Å². The summed E-state index contributed by atoms with van der Waals surface area (Å²) < 4.78 is 4.97. The summed E-state index contributed by atoms with van der Waals surface area (Å²) in [6.07, 6.45) is 1.58. The lowest BCUT2D eigenvalue weighted by Gasteiger charge is -2.18. The van der Waals surface area contributed by atoms with Crippen LogP contribution in [-0.2, 0) is 0 Å². The molecule has 1 heterocycles. The van der Waals surface area contributed by atoms with Crippen LogP contribution in [0.1, 0.15) is 24.2 Å². The van der Waals surface area contributed by atoms with Gasteiger partial charge in [0, 0.05) is 30.9 Å². The first-order valence-electron chi connectivity index (χ1n) is 5.02. The molecule has 0 aliphatic heterocycles. The van der Waals surface area contributed by atoms with Crippen LogP contribution < -0.4 is 4.74 Å². The van der Waals surface area contributed by atoms with E-state index >= 15 is 0 Å². The molecule has 1 aromatic rings. The molecule has 0 bridgehead atoms. The Kier molecular flexibility index (Phi) is 4.09. The van der Waals surface area contributed by atoms with Gasteiger partial charge in [-0.15, -0.1) is 0 Å². The Hall–Kier alpha value is -1.58. The maximum Gasteiger partial charge on any atom is 0.254 e. The molecule has 0 atom stereocenters. The number of hydrogen-bond donors (Lipinski definition) is 0. The Bertz CT molecular complexity index is 335. The van der Waals surface area contributed by atoms with Crippen LogP contribution >= 0.6 is 0 Å². The van der Waals surface area contributed by atoms with Crippen molar-refractivity contribution in [3.63, 3.8) is 0 Å². The predicted octanol–water partition coefficient (Wildman–Crippen LogP) is 1.57. The van der Waals surface area contributed by atoms with Crippen molar-refractivity contribution in [1.82, 2.24) is 9.88 Å². The minimum Gasteiger partial charge on any atom is -0.481 e. The van der Waals surface area contributed by atoms with Crippen molar-refractivity contribution in [2.45, 2.75) is 13.8 Å². The van der Waals surface area contributed by atoms with Gasteiger partial charge in [-0.3, -0.25) is 4.79 Å². The summed E-state index contributed by atoms with van der Waals surface area (Å²) in [5.74, 6) is 0.480. The molecule has 0 saturated heterocycles. The van der Waals surface area contributed by atoms with E-state index in [0.717, 1.165) is 0 Å². The molecule has 0 aliphatic rings. The van der Waals surface area contributed by atoms with Crippen LogP contribution in [0.2, 0.25) is 0 Å². The van der Waals surface area contributed by atoms with E-state index in [1.165, 1.54) is 7.11 Å². The van der Waals surface area contributed by atoms with Gasteiger partial charge in [0.1, 0.15) is 0 Å². The Morgan fingerprint density at radius 1 is 1.47 bits per heavy atom. The molecule has 15 heavy (non-hydrogen) atoms. The zero-order chi connectivity index (χ0) is 11.3. The third kappa shape index (κ3) is 2.68. The van der Waals surface area contributed by atoms with Gasteiger partial charge in [0.05, 0.1) is 7.11 Å². The molecule has 1 amide bonds. The van der Waals surface area contributed by atoms with Crippen LogP contribution in [0.25, 0.3) is 0 Å². The van der Waals surface area contributed by atoms with Crippen LogP contribution in [0.4, 0.5) is 0 Å². The first kappa shape index (κ1) is 11.5. The lowest BCUT2D eigenvalue weighted by molar-refractivity contribution is 0.0772. The van der Waals surface area contributed by atoms with Gasteiger partial charge < -0.3 is 9.64 Å². The van der Waals surface area contributed by atoms with Gasteiger partial charge in [-0.2, -0.15) is 0 Å². The topological polar surface area (TPSA) is 42.4 Å². The molecule has 4 heteroatoms. The summed E-state index contributed by atoms with van der Waals surface area (Å²) in [6, 6.07) is 3.35. The minimum absolute atomic E-state index is 0.0145. The van der Waals surface area contributed by atoms with E-state index in [4.69, 9.17) is 4.74 Å². The maximum absolute atomic E-state index is 11.9. The van der Waals surface area contributed by atoms with E-state index in [-0.39, 0.29) is 5.91 Å². The highest BCUT2D eigenvalue weighted by Gasteiger charge is 2.12. The molecule has 1 rings (SSSR count). The van der Waals surface area contributed by atoms with E-state index in [2.05, 4.69) is 4.98 Å². The first-order chi connectivity index (χ1) is 7.22. The van der Waals surface area contributed by atoms with Gasteiger partial charge >= 0.3 is 0 Å². The number of rotatable bonds is 4. The summed E-state index contributed by atoms with van der Waals surface area (Å²) in [4.78, 5) is 17.6. The molecule has 0 spiro atoms. The highest BCUT2D eigenvalue weighted by Crippen LogP contribution is 2.10. The number of ether oxygens (including phenoxy) is 1. The summed E-state index contributed by atoms with van der Waals surface area (Å²) in [6.45, 7) is 5.33. The second-order valence-electron chi connectivity index (χ2n) is 3.06. The van der Waals surface area contributed by atoms with Crippen LogP contribution in [0.3, 0.4) is 0 Å². The second kappa shape index (κ2) is 5.34. The Labute approximate surface area is 89.9 Å². The average molecular weight is 208 g/mol. The van der Waals surface area contributed by atoms with Gasteiger partial charge in [0.25, 0.3) is 5.91 Å². The average Bonchev–Trinajstić information content (AvgIpc) is 2.30. The maximum atomic E-state index is 11.9. The summed E-state index contributed by atoms with van der Waals surface area (Å²) >= 11 is 0. The van der Waals surface area contributed by atoms with E-state index in [0.29, 0.717) is 24.5 Å². The summed E-state index contributed by atoms with van der Waals surface area (Å²) in [5, 5.41) is 0. The van der Waals surface area contributed by atoms with Crippen molar-refractivity contribution < 1.29 is 9.53 Å². The van der Waals surface area contributed by atoms with Gasteiger partial charge in [-0.05, 0) is 19.9 Å². The van der Waals surface area contributed by atoms with Crippen LogP contribution in [0.15, 0.2) is 18.3 Å². The summed E-state index contributed by atoms with van der Waals surface area (Å²) in [5.41, 5.74) is 0.616. The molecule has 0 fully saturated rings. The smallest absolute Gasteiger partial charge is 0.254 e. The van der Waals surface area contributed by atoms with Gasteiger partial charge in [0.2, 0.25) is 5.88 Å². The quantitative estimate of drug-likeness (QED) is 0.754. The third-order valence-electron chi connectivity index (χ3n) is 2.24. The molecule has 0 unspecified atom stereocenters. The fourth-order valence-electron chi connectivity index (χ4n) is 1.35. The van der Waals surface area contributed by atoms with E-state index in [1.807, 2.05) is 13.8 Å². The standard InChI is InChI=1S/C11H16N2O2/c1-4-13(5-2)11(14)9-6-7-12-10(8-9)15-3/h6-8H,4-5H2,1-3H3. The van der Waals surface area contributed by atoms with Gasteiger partial charge in [-0.25, -0.2) is 4.98 Å². The van der Waals surface area contributed by atoms with Gasteiger partial charge in [0.15, 0.2) is 0 Å². The number of nitrogens with zero attached hydrogens (tertiary/aromatic N) is 2. The molecule has 0 radical (unpaired) electrons. The molecule has 0 aliphatic carbocycles. The Balaban J connectivity index is 2.90. The molecule has 0 saturated carbocycles.